The third kappa shape index (κ3) is 2.97. The summed E-state index contributed by atoms with van der Waals surface area (Å²) in [5.41, 5.74) is 2.31. The predicted octanol–water partition coefficient (Wildman–Crippen LogP) is 2.82. The van der Waals surface area contributed by atoms with Gasteiger partial charge in [0.2, 0.25) is 0 Å². The van der Waals surface area contributed by atoms with Crippen molar-refractivity contribution in [1.29, 1.82) is 0 Å². The van der Waals surface area contributed by atoms with Crippen LogP contribution in [0, 0.1) is 0 Å². The first-order valence-electron chi connectivity index (χ1n) is 8.20. The summed E-state index contributed by atoms with van der Waals surface area (Å²) >= 11 is 0. The predicted molar refractivity (Wildman–Crippen MR) is 87.4 cm³/mol. The number of halogens is 3. The summed E-state index contributed by atoms with van der Waals surface area (Å²) in [5, 5.41) is 11.9. The molecule has 1 aromatic rings. The summed E-state index contributed by atoms with van der Waals surface area (Å²) in [4.78, 5) is 6.08. The number of hydrogen-bond acceptors (Lipinski definition) is 2. The van der Waals surface area contributed by atoms with E-state index >= 15 is 0 Å². The molecule has 0 bridgehead atoms. The minimum atomic E-state index is -4.64. The van der Waals surface area contributed by atoms with Gasteiger partial charge in [-0.1, -0.05) is 31.0 Å². The number of nitrogens with zero attached hydrogens (tertiary/aromatic N) is 2. The lowest BCUT2D eigenvalue weighted by atomic mass is 9.81. The van der Waals surface area contributed by atoms with Crippen LogP contribution >= 0.6 is 0 Å². The Kier molecular flexibility index (Phi) is 4.46. The fourth-order valence-corrected chi connectivity index (χ4v) is 3.90. The van der Waals surface area contributed by atoms with Gasteiger partial charge in [-0.2, -0.15) is 13.2 Å². The number of rotatable bonds is 2. The molecule has 24 heavy (non-hydrogen) atoms. The van der Waals surface area contributed by atoms with E-state index in [0.29, 0.717) is 12.5 Å². The smallest absolute Gasteiger partial charge is 0.382 e. The number of nitrogens with one attached hydrogen (secondary N) is 1. The molecule has 7 heteroatoms. The molecule has 1 saturated carbocycles. The second-order valence-corrected chi connectivity index (χ2v) is 6.58. The topological polar surface area (TPSA) is 47.9 Å². The molecule has 1 aliphatic carbocycles. The van der Waals surface area contributed by atoms with Gasteiger partial charge in [-0.3, -0.25) is 4.99 Å². The molecule has 1 aliphatic heterocycles. The maximum absolute atomic E-state index is 12.5. The Labute approximate surface area is 139 Å². The van der Waals surface area contributed by atoms with Gasteiger partial charge in [0.1, 0.15) is 0 Å². The summed E-state index contributed by atoms with van der Waals surface area (Å²) in [7, 11) is 1.55. The summed E-state index contributed by atoms with van der Waals surface area (Å²) in [6.07, 6.45) is -2.54. The molecule has 1 fully saturated rings. The Balaban J connectivity index is 1.81. The number of aliphatic hydroxyl groups is 1. The normalized spacial score (nSPS) is 21.2. The van der Waals surface area contributed by atoms with Crippen LogP contribution in [-0.4, -0.2) is 43.5 Å². The minimum Gasteiger partial charge on any atom is -0.382 e. The molecule has 2 aliphatic rings. The minimum absolute atomic E-state index is 0.0663. The van der Waals surface area contributed by atoms with Crippen LogP contribution in [-0.2, 0) is 5.41 Å². The molecule has 1 unspecified atom stereocenters. The van der Waals surface area contributed by atoms with Crippen LogP contribution < -0.4 is 10.2 Å². The fraction of sp³-hybridized carbons (Fsp3) is 0.588. The number of aliphatic hydroxyl groups excluding tert-OH is 1. The van der Waals surface area contributed by atoms with E-state index in [0.717, 1.165) is 18.5 Å². The summed E-state index contributed by atoms with van der Waals surface area (Å²) < 4.78 is 37.6. The Morgan fingerprint density at radius 1 is 1.33 bits per heavy atom. The molecule has 1 aromatic carbocycles. The number of benzene rings is 1. The molecule has 4 nitrogen and oxygen atoms in total. The van der Waals surface area contributed by atoms with Crippen molar-refractivity contribution < 1.29 is 18.3 Å². The van der Waals surface area contributed by atoms with Crippen molar-refractivity contribution in [3.8, 4) is 0 Å². The molecule has 1 spiro atoms. The number of hydrogen-bond donors (Lipinski definition) is 2. The van der Waals surface area contributed by atoms with Crippen molar-refractivity contribution in [3.63, 3.8) is 0 Å². The first kappa shape index (κ1) is 17.1. The maximum Gasteiger partial charge on any atom is 0.416 e. The lowest BCUT2D eigenvalue weighted by Gasteiger charge is -2.27. The second kappa shape index (κ2) is 6.27. The molecule has 0 aromatic heterocycles. The second-order valence-electron chi connectivity index (χ2n) is 6.58. The largest absolute Gasteiger partial charge is 0.416 e. The van der Waals surface area contributed by atoms with E-state index < -0.39 is 18.8 Å². The van der Waals surface area contributed by atoms with Gasteiger partial charge in [0.15, 0.2) is 12.1 Å². The molecule has 3 rings (SSSR count). The quantitative estimate of drug-likeness (QED) is 0.642. The summed E-state index contributed by atoms with van der Waals surface area (Å²) in [6.45, 7) is 0.107. The van der Waals surface area contributed by atoms with Gasteiger partial charge < -0.3 is 15.3 Å². The van der Waals surface area contributed by atoms with Gasteiger partial charge in [0.05, 0.1) is 6.54 Å². The van der Waals surface area contributed by atoms with Crippen molar-refractivity contribution in [1.82, 2.24) is 5.32 Å². The van der Waals surface area contributed by atoms with E-state index in [1.54, 1.807) is 7.05 Å². The zero-order valence-corrected chi connectivity index (χ0v) is 13.6. The molecule has 1 atom stereocenters. The van der Waals surface area contributed by atoms with Gasteiger partial charge in [-0.05, 0) is 24.5 Å². The summed E-state index contributed by atoms with van der Waals surface area (Å²) in [5.74, 6) is 0.370. The Hall–Kier alpha value is -1.76. The van der Waals surface area contributed by atoms with Crippen LogP contribution in [0.4, 0.5) is 18.9 Å². The molecule has 0 radical (unpaired) electrons. The molecule has 0 saturated heterocycles. The van der Waals surface area contributed by atoms with Crippen LogP contribution in [0.1, 0.15) is 31.2 Å². The first-order valence-corrected chi connectivity index (χ1v) is 8.20. The Morgan fingerprint density at radius 2 is 2.00 bits per heavy atom. The Morgan fingerprint density at radius 3 is 2.62 bits per heavy atom. The van der Waals surface area contributed by atoms with Gasteiger partial charge in [0.25, 0.3) is 0 Å². The molecular weight excluding hydrogens is 319 g/mol. The average Bonchev–Trinajstić information content (AvgIpc) is 3.14. The number of fused-ring (bicyclic) bond motifs is 2. The van der Waals surface area contributed by atoms with Gasteiger partial charge >= 0.3 is 6.18 Å². The number of aliphatic imine (C=N–C) groups is 1. The molecule has 2 N–H and O–H groups in total. The maximum atomic E-state index is 12.5. The molecular formula is C17H22F3N3O. The first-order chi connectivity index (χ1) is 11.4. The number of anilines is 1. The van der Waals surface area contributed by atoms with E-state index in [9.17, 15) is 18.3 Å². The molecule has 132 valence electrons. The molecule has 1 heterocycles. The van der Waals surface area contributed by atoms with E-state index in [2.05, 4.69) is 16.4 Å². The summed E-state index contributed by atoms with van der Waals surface area (Å²) in [6, 6.07) is 8.03. The fourth-order valence-electron chi connectivity index (χ4n) is 3.90. The van der Waals surface area contributed by atoms with Gasteiger partial charge in [-0.15, -0.1) is 0 Å². The van der Waals surface area contributed by atoms with E-state index in [-0.39, 0.29) is 5.41 Å². The highest BCUT2D eigenvalue weighted by Gasteiger charge is 2.46. The van der Waals surface area contributed by atoms with Gasteiger partial charge in [0, 0.05) is 24.7 Å². The van der Waals surface area contributed by atoms with Crippen molar-refractivity contribution in [2.24, 2.45) is 4.99 Å². The van der Waals surface area contributed by atoms with Crippen molar-refractivity contribution >= 4 is 11.6 Å². The van der Waals surface area contributed by atoms with Crippen LogP contribution in [0.3, 0.4) is 0 Å². The highest BCUT2D eigenvalue weighted by molar-refractivity contribution is 5.98. The van der Waals surface area contributed by atoms with Crippen molar-refractivity contribution in [2.45, 2.75) is 43.4 Å². The number of alkyl halides is 3. The SMILES string of the molecule is CN=C(NCC(O)C(F)(F)F)N1CC2(CCCC2)c2ccccc21. The monoisotopic (exact) mass is 341 g/mol. The number of para-hydroxylation sites is 1. The lowest BCUT2D eigenvalue weighted by Crippen LogP contribution is -2.48. The van der Waals surface area contributed by atoms with Crippen molar-refractivity contribution in [3.05, 3.63) is 29.8 Å². The lowest BCUT2D eigenvalue weighted by molar-refractivity contribution is -0.201. The van der Waals surface area contributed by atoms with Gasteiger partial charge in [-0.25, -0.2) is 0 Å². The van der Waals surface area contributed by atoms with E-state index in [1.807, 2.05) is 23.1 Å². The van der Waals surface area contributed by atoms with Crippen molar-refractivity contribution in [2.75, 3.05) is 25.0 Å². The zero-order chi connectivity index (χ0) is 17.4. The third-order valence-corrected chi connectivity index (χ3v) is 5.09. The third-order valence-electron chi connectivity index (χ3n) is 5.09. The molecule has 0 amide bonds. The van der Waals surface area contributed by atoms with Crippen LogP contribution in [0.2, 0.25) is 0 Å². The van der Waals surface area contributed by atoms with Crippen LogP contribution in [0.5, 0.6) is 0 Å². The highest BCUT2D eigenvalue weighted by Crippen LogP contribution is 2.50. The van der Waals surface area contributed by atoms with Crippen LogP contribution in [0.15, 0.2) is 29.3 Å². The number of guanidine groups is 1. The Bertz CT molecular complexity index is 624. The van der Waals surface area contributed by atoms with E-state index in [4.69, 9.17) is 0 Å². The standard InChI is InChI=1S/C17H22F3N3O/c1-21-15(22-10-14(24)17(18,19)20)23-11-16(8-4-5-9-16)12-6-2-3-7-13(12)23/h2-3,6-7,14,24H,4-5,8-11H2,1H3,(H,21,22). The van der Waals surface area contributed by atoms with Crippen LogP contribution in [0.25, 0.3) is 0 Å². The zero-order valence-electron chi connectivity index (χ0n) is 13.6. The van der Waals surface area contributed by atoms with E-state index in [1.165, 1.54) is 18.4 Å². The highest BCUT2D eigenvalue weighted by atomic mass is 19.4. The average molecular weight is 341 g/mol.